The number of cyclic esters (lactones) is 1. The fourth-order valence-corrected chi connectivity index (χ4v) is 2.27. The van der Waals surface area contributed by atoms with Gasteiger partial charge in [-0.2, -0.15) is 0 Å². The topological polar surface area (TPSA) is 52.6 Å². The minimum Gasteiger partial charge on any atom is -0.449 e. The van der Waals surface area contributed by atoms with E-state index >= 15 is 0 Å². The summed E-state index contributed by atoms with van der Waals surface area (Å²) < 4.78 is 10.4. The summed E-state index contributed by atoms with van der Waals surface area (Å²) in [7, 11) is 0. The van der Waals surface area contributed by atoms with Crippen molar-refractivity contribution in [1.82, 2.24) is 0 Å². The highest BCUT2D eigenvalue weighted by Crippen LogP contribution is 2.35. The molecule has 4 heteroatoms. The molecule has 1 atom stereocenters. The summed E-state index contributed by atoms with van der Waals surface area (Å²) in [5, 5.41) is 0. The Kier molecular flexibility index (Phi) is 2.99. The Hall–Kier alpha value is -2.62. The van der Waals surface area contributed by atoms with E-state index < -0.39 is 6.10 Å². The van der Waals surface area contributed by atoms with E-state index in [0.29, 0.717) is 11.3 Å². The third-order valence-corrected chi connectivity index (χ3v) is 3.13. The molecule has 0 saturated heterocycles. The van der Waals surface area contributed by atoms with Crippen molar-refractivity contribution < 1.29 is 19.1 Å². The van der Waals surface area contributed by atoms with E-state index in [9.17, 15) is 9.59 Å². The van der Waals surface area contributed by atoms with E-state index in [1.54, 1.807) is 30.3 Å². The van der Waals surface area contributed by atoms with E-state index in [4.69, 9.17) is 9.47 Å². The van der Waals surface area contributed by atoms with Gasteiger partial charge in [0.15, 0.2) is 6.10 Å². The molecule has 2 aromatic rings. The zero-order valence-electron chi connectivity index (χ0n) is 10.8. The van der Waals surface area contributed by atoms with Gasteiger partial charge in [-0.1, -0.05) is 30.3 Å². The molecule has 1 aliphatic rings. The quantitative estimate of drug-likeness (QED) is 0.620. The van der Waals surface area contributed by atoms with E-state index in [2.05, 4.69) is 0 Å². The monoisotopic (exact) mass is 268 g/mol. The number of benzene rings is 2. The largest absolute Gasteiger partial charge is 0.449 e. The normalized spacial score (nSPS) is 16.4. The zero-order valence-corrected chi connectivity index (χ0v) is 10.8. The average Bonchev–Trinajstić information content (AvgIpc) is 2.77. The number of esters is 2. The molecule has 0 spiro atoms. The molecule has 3 rings (SSSR count). The molecule has 0 amide bonds. The summed E-state index contributed by atoms with van der Waals surface area (Å²) in [5.41, 5.74) is 2.30. The van der Waals surface area contributed by atoms with Crippen LogP contribution in [-0.4, -0.2) is 11.9 Å². The minimum atomic E-state index is -0.398. The molecule has 2 aromatic carbocycles. The first kappa shape index (κ1) is 12.4. The Morgan fingerprint density at radius 1 is 1.10 bits per heavy atom. The zero-order chi connectivity index (χ0) is 14.1. The van der Waals surface area contributed by atoms with Crippen molar-refractivity contribution in [3.63, 3.8) is 0 Å². The highest BCUT2D eigenvalue weighted by molar-refractivity contribution is 5.94. The Balaban J connectivity index is 1.91. The van der Waals surface area contributed by atoms with Crippen LogP contribution in [0.3, 0.4) is 0 Å². The van der Waals surface area contributed by atoms with Crippen LogP contribution in [-0.2, 0) is 9.53 Å². The van der Waals surface area contributed by atoms with E-state index in [0.717, 1.165) is 11.1 Å². The van der Waals surface area contributed by atoms with Gasteiger partial charge >= 0.3 is 11.9 Å². The van der Waals surface area contributed by atoms with Gasteiger partial charge in [0.25, 0.3) is 0 Å². The Morgan fingerprint density at radius 3 is 2.50 bits per heavy atom. The lowest BCUT2D eigenvalue weighted by Gasteiger charge is -2.11. The summed E-state index contributed by atoms with van der Waals surface area (Å²) >= 11 is 0. The van der Waals surface area contributed by atoms with Gasteiger partial charge in [-0.05, 0) is 23.8 Å². The lowest BCUT2D eigenvalue weighted by atomic mass is 9.99. The second-order valence-electron chi connectivity index (χ2n) is 4.54. The first-order valence-electron chi connectivity index (χ1n) is 6.23. The Labute approximate surface area is 115 Å². The van der Waals surface area contributed by atoms with Gasteiger partial charge in [0.2, 0.25) is 0 Å². The summed E-state index contributed by atoms with van der Waals surface area (Å²) in [4.78, 5) is 22.6. The van der Waals surface area contributed by atoms with Crippen LogP contribution < -0.4 is 4.74 Å². The van der Waals surface area contributed by atoms with Crippen molar-refractivity contribution >= 4 is 11.9 Å². The first-order valence-corrected chi connectivity index (χ1v) is 6.23. The molecule has 0 fully saturated rings. The van der Waals surface area contributed by atoms with E-state index in [1.807, 2.05) is 18.2 Å². The standard InChI is InChI=1S/C16H12O4/c1-10(17)19-12-8-6-11(7-9-12)15-13-4-2-3-5-14(13)16(18)20-15/h2-9,15H,1H3. The molecule has 100 valence electrons. The van der Waals surface area contributed by atoms with Crippen LogP contribution in [0.5, 0.6) is 5.75 Å². The number of fused-ring (bicyclic) bond motifs is 1. The predicted molar refractivity (Wildman–Crippen MR) is 71.5 cm³/mol. The maximum Gasteiger partial charge on any atom is 0.339 e. The summed E-state index contributed by atoms with van der Waals surface area (Å²) in [6.07, 6.45) is -0.398. The number of carbonyl (C=O) groups is 2. The number of carbonyl (C=O) groups excluding carboxylic acids is 2. The number of hydrogen-bond donors (Lipinski definition) is 0. The smallest absolute Gasteiger partial charge is 0.339 e. The number of rotatable bonds is 2. The molecule has 0 aromatic heterocycles. The highest BCUT2D eigenvalue weighted by Gasteiger charge is 2.31. The molecule has 0 bridgehead atoms. The molecular weight excluding hydrogens is 256 g/mol. The molecule has 0 aliphatic carbocycles. The Bertz CT molecular complexity index is 673. The third-order valence-electron chi connectivity index (χ3n) is 3.13. The summed E-state index contributed by atoms with van der Waals surface area (Å²) in [6, 6.07) is 14.3. The van der Waals surface area contributed by atoms with Crippen molar-refractivity contribution in [2.24, 2.45) is 0 Å². The summed E-state index contributed by atoms with van der Waals surface area (Å²) in [5.74, 6) is -0.205. The fraction of sp³-hybridized carbons (Fsp3) is 0.125. The van der Waals surface area contributed by atoms with E-state index in [1.165, 1.54) is 6.92 Å². The van der Waals surface area contributed by atoms with Gasteiger partial charge in [0.05, 0.1) is 5.56 Å². The summed E-state index contributed by atoms with van der Waals surface area (Å²) in [6.45, 7) is 1.35. The van der Waals surface area contributed by atoms with Gasteiger partial charge in [-0.25, -0.2) is 4.79 Å². The molecule has 0 saturated carbocycles. The highest BCUT2D eigenvalue weighted by atomic mass is 16.5. The SMILES string of the molecule is CC(=O)Oc1ccc(C2OC(=O)c3ccccc32)cc1. The van der Waals surface area contributed by atoms with Gasteiger partial charge in [-0.3, -0.25) is 4.79 Å². The van der Waals surface area contributed by atoms with Gasteiger partial charge in [-0.15, -0.1) is 0 Å². The van der Waals surface area contributed by atoms with Crippen LogP contribution in [0, 0.1) is 0 Å². The van der Waals surface area contributed by atoms with Crippen molar-refractivity contribution in [1.29, 1.82) is 0 Å². The molecule has 4 nitrogen and oxygen atoms in total. The lowest BCUT2D eigenvalue weighted by Crippen LogP contribution is -2.03. The molecule has 1 aliphatic heterocycles. The minimum absolute atomic E-state index is 0.310. The third kappa shape index (κ3) is 2.16. The van der Waals surface area contributed by atoms with Crippen molar-refractivity contribution in [2.75, 3.05) is 0 Å². The van der Waals surface area contributed by atoms with Gasteiger partial charge < -0.3 is 9.47 Å². The van der Waals surface area contributed by atoms with Gasteiger partial charge in [0, 0.05) is 12.5 Å². The van der Waals surface area contributed by atoms with Crippen molar-refractivity contribution in [3.05, 3.63) is 65.2 Å². The molecule has 1 unspecified atom stereocenters. The molecule has 0 radical (unpaired) electrons. The lowest BCUT2D eigenvalue weighted by molar-refractivity contribution is -0.131. The van der Waals surface area contributed by atoms with Crippen LogP contribution in [0.4, 0.5) is 0 Å². The second-order valence-corrected chi connectivity index (χ2v) is 4.54. The number of hydrogen-bond acceptors (Lipinski definition) is 4. The van der Waals surface area contributed by atoms with Crippen LogP contribution in [0.1, 0.15) is 34.5 Å². The van der Waals surface area contributed by atoms with Crippen LogP contribution >= 0.6 is 0 Å². The van der Waals surface area contributed by atoms with Crippen LogP contribution in [0.2, 0.25) is 0 Å². The fourth-order valence-electron chi connectivity index (χ4n) is 2.27. The number of ether oxygens (including phenoxy) is 2. The van der Waals surface area contributed by atoms with Crippen molar-refractivity contribution in [3.8, 4) is 5.75 Å². The second kappa shape index (κ2) is 4.81. The maximum atomic E-state index is 11.8. The molecule has 1 heterocycles. The van der Waals surface area contributed by atoms with Crippen molar-refractivity contribution in [2.45, 2.75) is 13.0 Å². The van der Waals surface area contributed by atoms with Crippen LogP contribution in [0.15, 0.2) is 48.5 Å². The maximum absolute atomic E-state index is 11.8. The Morgan fingerprint density at radius 2 is 1.80 bits per heavy atom. The van der Waals surface area contributed by atoms with Crippen LogP contribution in [0.25, 0.3) is 0 Å². The first-order chi connectivity index (χ1) is 9.65. The average molecular weight is 268 g/mol. The predicted octanol–water partition coefficient (Wildman–Crippen LogP) is 2.87. The molecule has 20 heavy (non-hydrogen) atoms. The molecular formula is C16H12O4. The van der Waals surface area contributed by atoms with Gasteiger partial charge in [0.1, 0.15) is 5.75 Å². The molecule has 0 N–H and O–H groups in total. The van der Waals surface area contributed by atoms with E-state index in [-0.39, 0.29) is 11.9 Å².